The normalized spacial score (nSPS) is 18.8. The van der Waals surface area contributed by atoms with E-state index in [0.717, 1.165) is 19.5 Å². The van der Waals surface area contributed by atoms with Gasteiger partial charge < -0.3 is 9.80 Å². The molecule has 1 unspecified atom stereocenters. The van der Waals surface area contributed by atoms with Crippen molar-refractivity contribution in [1.29, 1.82) is 0 Å². The summed E-state index contributed by atoms with van der Waals surface area (Å²) in [5.74, 6) is 0. The number of rotatable bonds is 2. The van der Waals surface area contributed by atoms with E-state index in [1.165, 1.54) is 12.8 Å². The summed E-state index contributed by atoms with van der Waals surface area (Å²) in [6.45, 7) is 6.09. The lowest BCUT2D eigenvalue weighted by Gasteiger charge is -2.28. The van der Waals surface area contributed by atoms with Crippen molar-refractivity contribution in [3.8, 4) is 0 Å². The fraction of sp³-hybridized carbons (Fsp3) is 0.900. The largest absolute Gasteiger partial charge is 0.325 e. The molecule has 3 nitrogen and oxygen atoms in total. The Kier molecular flexibility index (Phi) is 3.58. The maximum absolute atomic E-state index is 11.8. The van der Waals surface area contributed by atoms with Crippen molar-refractivity contribution in [2.75, 3.05) is 20.1 Å². The molecular formula is C10H20N2O. The lowest BCUT2D eigenvalue weighted by molar-refractivity contribution is 0.158. The Bertz CT molecular complexity index is 176. The smallest absolute Gasteiger partial charge is 0.319 e. The Hall–Kier alpha value is -0.730. The number of likely N-dealkylation sites (tertiary alicyclic amines) is 1. The Morgan fingerprint density at radius 1 is 1.46 bits per heavy atom. The van der Waals surface area contributed by atoms with Crippen LogP contribution >= 0.6 is 0 Å². The molecule has 1 aliphatic rings. The molecule has 1 fully saturated rings. The van der Waals surface area contributed by atoms with E-state index in [2.05, 4.69) is 13.8 Å². The number of carbonyl (C=O) groups excluding carboxylic acids is 1. The molecule has 1 atom stereocenters. The standard InChI is InChI=1S/C10H20N2O/c1-4-9(2)11(3)10(13)12-7-5-6-8-12/h9H,4-8H2,1-3H3. The highest BCUT2D eigenvalue weighted by atomic mass is 16.2. The van der Waals surface area contributed by atoms with Crippen LogP contribution in [0.25, 0.3) is 0 Å². The molecule has 0 aromatic heterocycles. The number of urea groups is 1. The van der Waals surface area contributed by atoms with Crippen molar-refractivity contribution in [3.05, 3.63) is 0 Å². The van der Waals surface area contributed by atoms with Gasteiger partial charge in [-0.05, 0) is 26.2 Å². The summed E-state index contributed by atoms with van der Waals surface area (Å²) in [7, 11) is 1.90. The number of hydrogen-bond donors (Lipinski definition) is 0. The first-order chi connectivity index (χ1) is 6.16. The van der Waals surface area contributed by atoms with E-state index < -0.39 is 0 Å². The minimum absolute atomic E-state index is 0.201. The van der Waals surface area contributed by atoms with Crippen LogP contribution in [0, 0.1) is 0 Å². The topological polar surface area (TPSA) is 23.6 Å². The molecule has 3 heteroatoms. The Morgan fingerprint density at radius 2 is 2.00 bits per heavy atom. The van der Waals surface area contributed by atoms with E-state index in [1.54, 1.807) is 0 Å². The van der Waals surface area contributed by atoms with Gasteiger partial charge in [-0.1, -0.05) is 6.92 Å². The second-order valence-corrected chi connectivity index (χ2v) is 3.84. The molecule has 0 aromatic rings. The summed E-state index contributed by atoms with van der Waals surface area (Å²) >= 11 is 0. The predicted molar refractivity (Wildman–Crippen MR) is 53.7 cm³/mol. The lowest BCUT2D eigenvalue weighted by Crippen LogP contribution is -2.43. The van der Waals surface area contributed by atoms with Crippen LogP contribution < -0.4 is 0 Å². The van der Waals surface area contributed by atoms with Crippen molar-refractivity contribution >= 4 is 6.03 Å². The molecule has 0 aromatic carbocycles. The number of hydrogen-bond acceptors (Lipinski definition) is 1. The molecule has 1 rings (SSSR count). The van der Waals surface area contributed by atoms with E-state index in [9.17, 15) is 4.79 Å². The van der Waals surface area contributed by atoms with Crippen LogP contribution in [0.3, 0.4) is 0 Å². The zero-order chi connectivity index (χ0) is 9.84. The summed E-state index contributed by atoms with van der Waals surface area (Å²) in [6, 6.07) is 0.556. The molecule has 0 N–H and O–H groups in total. The molecular weight excluding hydrogens is 164 g/mol. The fourth-order valence-electron chi connectivity index (χ4n) is 1.59. The summed E-state index contributed by atoms with van der Waals surface area (Å²) in [6.07, 6.45) is 3.36. The maximum atomic E-state index is 11.8. The van der Waals surface area contributed by atoms with Gasteiger partial charge in [0.1, 0.15) is 0 Å². The van der Waals surface area contributed by atoms with Gasteiger partial charge >= 0.3 is 6.03 Å². The van der Waals surface area contributed by atoms with Crippen LogP contribution in [-0.2, 0) is 0 Å². The first kappa shape index (κ1) is 10.4. The zero-order valence-electron chi connectivity index (χ0n) is 8.92. The lowest BCUT2D eigenvalue weighted by atomic mass is 10.2. The minimum atomic E-state index is 0.201. The van der Waals surface area contributed by atoms with Crippen molar-refractivity contribution in [1.82, 2.24) is 9.80 Å². The molecule has 1 saturated heterocycles. The van der Waals surface area contributed by atoms with Gasteiger partial charge in [-0.2, -0.15) is 0 Å². The molecule has 76 valence electrons. The van der Waals surface area contributed by atoms with Crippen LogP contribution in [-0.4, -0.2) is 42.0 Å². The Morgan fingerprint density at radius 3 is 2.46 bits per heavy atom. The zero-order valence-corrected chi connectivity index (χ0v) is 8.92. The van der Waals surface area contributed by atoms with E-state index in [0.29, 0.717) is 6.04 Å². The van der Waals surface area contributed by atoms with Gasteiger partial charge in [-0.25, -0.2) is 4.79 Å². The van der Waals surface area contributed by atoms with Crippen molar-refractivity contribution in [2.45, 2.75) is 39.2 Å². The average Bonchev–Trinajstić information content (AvgIpc) is 2.67. The van der Waals surface area contributed by atoms with E-state index in [-0.39, 0.29) is 6.03 Å². The van der Waals surface area contributed by atoms with Crippen molar-refractivity contribution in [3.63, 3.8) is 0 Å². The van der Waals surface area contributed by atoms with E-state index in [1.807, 2.05) is 16.8 Å². The molecule has 0 aliphatic carbocycles. The van der Waals surface area contributed by atoms with Crippen LogP contribution in [0.2, 0.25) is 0 Å². The highest BCUT2D eigenvalue weighted by molar-refractivity contribution is 5.74. The van der Waals surface area contributed by atoms with Crippen LogP contribution in [0.15, 0.2) is 0 Å². The highest BCUT2D eigenvalue weighted by Crippen LogP contribution is 2.12. The van der Waals surface area contributed by atoms with Crippen molar-refractivity contribution in [2.24, 2.45) is 0 Å². The summed E-state index contributed by atoms with van der Waals surface area (Å²) in [5.41, 5.74) is 0. The highest BCUT2D eigenvalue weighted by Gasteiger charge is 2.23. The van der Waals surface area contributed by atoms with Gasteiger partial charge in [0.2, 0.25) is 0 Å². The van der Waals surface area contributed by atoms with Gasteiger partial charge in [-0.15, -0.1) is 0 Å². The molecule has 1 aliphatic heterocycles. The minimum Gasteiger partial charge on any atom is -0.325 e. The molecule has 0 saturated carbocycles. The number of nitrogens with zero attached hydrogens (tertiary/aromatic N) is 2. The number of amides is 2. The van der Waals surface area contributed by atoms with Gasteiger partial charge in [-0.3, -0.25) is 0 Å². The summed E-state index contributed by atoms with van der Waals surface area (Å²) in [4.78, 5) is 15.6. The number of carbonyl (C=O) groups is 1. The van der Waals surface area contributed by atoms with Crippen LogP contribution in [0.4, 0.5) is 4.79 Å². The summed E-state index contributed by atoms with van der Waals surface area (Å²) in [5, 5.41) is 0. The van der Waals surface area contributed by atoms with E-state index in [4.69, 9.17) is 0 Å². The van der Waals surface area contributed by atoms with Gasteiger partial charge in [0.05, 0.1) is 0 Å². The molecule has 2 amide bonds. The first-order valence-corrected chi connectivity index (χ1v) is 5.18. The third kappa shape index (κ3) is 2.36. The Balaban J connectivity index is 2.45. The van der Waals surface area contributed by atoms with Crippen molar-refractivity contribution < 1.29 is 4.79 Å². The predicted octanol–water partition coefficient (Wildman–Crippen LogP) is 1.93. The molecule has 0 radical (unpaired) electrons. The average molecular weight is 184 g/mol. The third-order valence-corrected chi connectivity index (χ3v) is 2.93. The molecule has 0 spiro atoms. The van der Waals surface area contributed by atoms with Crippen LogP contribution in [0.5, 0.6) is 0 Å². The quantitative estimate of drug-likeness (QED) is 0.643. The van der Waals surface area contributed by atoms with Crippen LogP contribution in [0.1, 0.15) is 33.1 Å². The second-order valence-electron chi connectivity index (χ2n) is 3.84. The monoisotopic (exact) mass is 184 g/mol. The van der Waals surface area contributed by atoms with Gasteiger partial charge in [0, 0.05) is 26.2 Å². The summed E-state index contributed by atoms with van der Waals surface area (Å²) < 4.78 is 0. The van der Waals surface area contributed by atoms with Gasteiger partial charge in [0.25, 0.3) is 0 Å². The van der Waals surface area contributed by atoms with E-state index >= 15 is 0 Å². The fourth-order valence-corrected chi connectivity index (χ4v) is 1.59. The molecule has 13 heavy (non-hydrogen) atoms. The SMILES string of the molecule is CCC(C)N(C)C(=O)N1CCCC1. The molecule has 1 heterocycles. The Labute approximate surface area is 80.7 Å². The maximum Gasteiger partial charge on any atom is 0.319 e. The van der Waals surface area contributed by atoms with Gasteiger partial charge in [0.15, 0.2) is 0 Å². The third-order valence-electron chi connectivity index (χ3n) is 2.93. The second kappa shape index (κ2) is 4.49. The molecule has 0 bridgehead atoms. The first-order valence-electron chi connectivity index (χ1n) is 5.18.